The van der Waals surface area contributed by atoms with Crippen LogP contribution in [0.25, 0.3) is 27.8 Å². The molecule has 7 nitrogen and oxygen atoms in total. The second-order valence-electron chi connectivity index (χ2n) is 5.93. The Kier molecular flexibility index (Phi) is 3.97. The summed E-state index contributed by atoms with van der Waals surface area (Å²) < 4.78 is 6.71. The molecule has 4 aromatic rings. The molecule has 0 atom stereocenters. The molecule has 1 amide bonds. The number of carbonyl (C=O) groups is 1. The summed E-state index contributed by atoms with van der Waals surface area (Å²) in [6, 6.07) is 18.0. The van der Waals surface area contributed by atoms with Crippen LogP contribution in [0.3, 0.4) is 0 Å². The van der Waals surface area contributed by atoms with E-state index in [9.17, 15) is 9.90 Å². The number of benzene rings is 3. The summed E-state index contributed by atoms with van der Waals surface area (Å²) in [4.78, 5) is 11.9. The lowest BCUT2D eigenvalue weighted by Crippen LogP contribution is -2.17. The van der Waals surface area contributed by atoms with Crippen LogP contribution in [0, 0.1) is 0 Å². The number of primary amides is 1. The fourth-order valence-corrected chi connectivity index (χ4v) is 3.08. The molecule has 3 aromatic carbocycles. The van der Waals surface area contributed by atoms with Crippen molar-refractivity contribution in [2.24, 2.45) is 5.73 Å². The number of carbonyl (C=O) groups excluding carboxylic acids is 1. The molecule has 1 heterocycles. The molecule has 0 unspecified atom stereocenters. The van der Waals surface area contributed by atoms with Crippen molar-refractivity contribution in [3.63, 3.8) is 0 Å². The van der Waals surface area contributed by atoms with E-state index in [1.165, 1.54) is 4.57 Å². The SMILES string of the molecule is COc1ccc(-n2c(C(N)=O)nnc2-c2c(O)ccc3ccccc23)cc1. The molecule has 7 heteroatoms. The topological polar surface area (TPSA) is 103 Å². The second-order valence-corrected chi connectivity index (χ2v) is 5.93. The highest BCUT2D eigenvalue weighted by Gasteiger charge is 2.22. The van der Waals surface area contributed by atoms with Gasteiger partial charge in [-0.15, -0.1) is 10.2 Å². The summed E-state index contributed by atoms with van der Waals surface area (Å²) in [5.74, 6) is 0.281. The summed E-state index contributed by atoms with van der Waals surface area (Å²) in [5, 5.41) is 20.4. The molecule has 27 heavy (non-hydrogen) atoms. The van der Waals surface area contributed by atoms with Gasteiger partial charge in [0.2, 0.25) is 5.82 Å². The molecule has 134 valence electrons. The first kappa shape index (κ1) is 16.6. The lowest BCUT2D eigenvalue weighted by molar-refractivity contribution is 0.0988. The molecule has 0 bridgehead atoms. The average Bonchev–Trinajstić information content (AvgIpc) is 3.13. The Balaban J connectivity index is 2.03. The molecule has 0 saturated carbocycles. The van der Waals surface area contributed by atoms with E-state index < -0.39 is 5.91 Å². The van der Waals surface area contributed by atoms with Crippen molar-refractivity contribution in [1.82, 2.24) is 14.8 Å². The van der Waals surface area contributed by atoms with Crippen LogP contribution < -0.4 is 10.5 Å². The summed E-state index contributed by atoms with van der Waals surface area (Å²) in [7, 11) is 1.57. The van der Waals surface area contributed by atoms with Crippen molar-refractivity contribution in [2.45, 2.75) is 0 Å². The van der Waals surface area contributed by atoms with Crippen LogP contribution in [0.1, 0.15) is 10.6 Å². The summed E-state index contributed by atoms with van der Waals surface area (Å²) in [6.45, 7) is 0. The number of nitrogens with two attached hydrogens (primary N) is 1. The van der Waals surface area contributed by atoms with Crippen molar-refractivity contribution >= 4 is 16.7 Å². The molecular formula is C20H16N4O3. The van der Waals surface area contributed by atoms with Crippen molar-refractivity contribution in [3.05, 3.63) is 66.5 Å². The number of hydrogen-bond acceptors (Lipinski definition) is 5. The monoisotopic (exact) mass is 360 g/mol. The number of phenols is 1. The lowest BCUT2D eigenvalue weighted by Gasteiger charge is -2.13. The average molecular weight is 360 g/mol. The van der Waals surface area contributed by atoms with Crippen LogP contribution in [0.5, 0.6) is 11.5 Å². The molecule has 0 aliphatic carbocycles. The predicted octanol–water partition coefficient (Wildman–Crippen LogP) is 2.90. The quantitative estimate of drug-likeness (QED) is 0.582. The van der Waals surface area contributed by atoms with Gasteiger partial charge in [-0.2, -0.15) is 0 Å². The van der Waals surface area contributed by atoms with E-state index in [0.29, 0.717) is 22.8 Å². The number of methoxy groups -OCH3 is 1. The molecule has 0 aliphatic rings. The highest BCUT2D eigenvalue weighted by atomic mass is 16.5. The number of fused-ring (bicyclic) bond motifs is 1. The molecule has 0 radical (unpaired) electrons. The molecule has 1 aromatic heterocycles. The van der Waals surface area contributed by atoms with Crippen LogP contribution in [0.15, 0.2) is 60.7 Å². The van der Waals surface area contributed by atoms with Crippen LogP contribution in [0.4, 0.5) is 0 Å². The number of aromatic nitrogens is 3. The van der Waals surface area contributed by atoms with Crippen LogP contribution in [-0.4, -0.2) is 32.9 Å². The van der Waals surface area contributed by atoms with Gasteiger partial charge in [0, 0.05) is 5.69 Å². The zero-order chi connectivity index (χ0) is 19.0. The maximum absolute atomic E-state index is 11.9. The maximum atomic E-state index is 11.9. The molecule has 0 fully saturated rings. The van der Waals surface area contributed by atoms with Gasteiger partial charge in [0.1, 0.15) is 11.5 Å². The number of amides is 1. The number of ether oxygens (including phenoxy) is 1. The van der Waals surface area contributed by atoms with Crippen LogP contribution in [0.2, 0.25) is 0 Å². The van der Waals surface area contributed by atoms with Crippen molar-refractivity contribution in [2.75, 3.05) is 7.11 Å². The van der Waals surface area contributed by atoms with Crippen LogP contribution in [-0.2, 0) is 0 Å². The first-order chi connectivity index (χ1) is 13.1. The minimum absolute atomic E-state index is 0.0255. The van der Waals surface area contributed by atoms with Gasteiger partial charge in [-0.3, -0.25) is 9.36 Å². The van der Waals surface area contributed by atoms with Crippen molar-refractivity contribution in [1.29, 1.82) is 0 Å². The minimum Gasteiger partial charge on any atom is -0.507 e. The summed E-state index contributed by atoms with van der Waals surface area (Å²) >= 11 is 0. The number of rotatable bonds is 4. The normalized spacial score (nSPS) is 10.9. The van der Waals surface area contributed by atoms with Gasteiger partial charge in [-0.1, -0.05) is 30.3 Å². The lowest BCUT2D eigenvalue weighted by atomic mass is 10.0. The Bertz CT molecular complexity index is 1150. The van der Waals surface area contributed by atoms with Gasteiger partial charge >= 0.3 is 0 Å². The smallest absolute Gasteiger partial charge is 0.287 e. The molecule has 3 N–H and O–H groups in total. The molecule has 0 spiro atoms. The second kappa shape index (κ2) is 6.45. The third kappa shape index (κ3) is 2.75. The zero-order valence-electron chi connectivity index (χ0n) is 14.5. The third-order valence-electron chi connectivity index (χ3n) is 4.34. The van der Waals surface area contributed by atoms with E-state index >= 15 is 0 Å². The van der Waals surface area contributed by atoms with E-state index in [1.807, 2.05) is 30.3 Å². The Hall–Kier alpha value is -3.87. The highest BCUT2D eigenvalue weighted by Crippen LogP contribution is 2.36. The fraction of sp³-hybridized carbons (Fsp3) is 0.0500. The van der Waals surface area contributed by atoms with Gasteiger partial charge < -0.3 is 15.6 Å². The number of aromatic hydroxyl groups is 1. The van der Waals surface area contributed by atoms with Crippen molar-refractivity contribution in [3.8, 4) is 28.6 Å². The van der Waals surface area contributed by atoms with Crippen molar-refractivity contribution < 1.29 is 14.6 Å². The minimum atomic E-state index is -0.718. The zero-order valence-corrected chi connectivity index (χ0v) is 14.5. The van der Waals surface area contributed by atoms with Gasteiger partial charge in [0.25, 0.3) is 5.91 Å². The first-order valence-electron chi connectivity index (χ1n) is 8.21. The summed E-state index contributed by atoms with van der Waals surface area (Å²) in [6.07, 6.45) is 0. The van der Waals surface area contributed by atoms with Gasteiger partial charge in [-0.25, -0.2) is 0 Å². The molecule has 0 saturated heterocycles. The molecule has 4 rings (SSSR count). The van der Waals surface area contributed by atoms with E-state index in [0.717, 1.165) is 10.8 Å². The Morgan fingerprint density at radius 3 is 2.48 bits per heavy atom. The van der Waals surface area contributed by atoms with E-state index in [4.69, 9.17) is 10.5 Å². The first-order valence-corrected chi connectivity index (χ1v) is 8.21. The maximum Gasteiger partial charge on any atom is 0.287 e. The van der Waals surface area contributed by atoms with E-state index in [-0.39, 0.29) is 11.6 Å². The van der Waals surface area contributed by atoms with Gasteiger partial charge in [-0.05, 0) is 41.1 Å². The van der Waals surface area contributed by atoms with Crippen LogP contribution >= 0.6 is 0 Å². The standard InChI is InChI=1S/C20H16N4O3/c1-27-14-9-7-13(8-10-14)24-19(22-23-20(24)18(21)26)17-15-5-3-2-4-12(15)6-11-16(17)25/h2-11,25H,1H3,(H2,21,26). The fourth-order valence-electron chi connectivity index (χ4n) is 3.08. The number of nitrogens with zero attached hydrogens (tertiary/aromatic N) is 3. The predicted molar refractivity (Wildman–Crippen MR) is 101 cm³/mol. The molecule has 0 aliphatic heterocycles. The third-order valence-corrected chi connectivity index (χ3v) is 4.34. The van der Waals surface area contributed by atoms with Gasteiger partial charge in [0.05, 0.1) is 12.7 Å². The summed E-state index contributed by atoms with van der Waals surface area (Å²) in [5.41, 5.74) is 6.60. The number of phenolic OH excluding ortho intramolecular Hbond substituents is 1. The molecular weight excluding hydrogens is 344 g/mol. The van der Waals surface area contributed by atoms with Gasteiger partial charge in [0.15, 0.2) is 5.82 Å². The highest BCUT2D eigenvalue weighted by molar-refractivity contribution is 5.99. The largest absolute Gasteiger partial charge is 0.507 e. The number of hydrogen-bond donors (Lipinski definition) is 2. The Labute approximate surface area is 154 Å². The Morgan fingerprint density at radius 1 is 1.04 bits per heavy atom. The van der Waals surface area contributed by atoms with E-state index in [2.05, 4.69) is 10.2 Å². The Morgan fingerprint density at radius 2 is 1.78 bits per heavy atom. The van der Waals surface area contributed by atoms with E-state index in [1.54, 1.807) is 37.4 Å².